The van der Waals surface area contributed by atoms with Crippen LogP contribution >= 0.6 is 0 Å². The summed E-state index contributed by atoms with van der Waals surface area (Å²) in [6.45, 7) is 17.1. The Morgan fingerprint density at radius 1 is 1.12 bits per heavy atom. The lowest BCUT2D eigenvalue weighted by Crippen LogP contribution is -2.55. The fraction of sp³-hybridized carbons (Fsp3) is 0.800. The molecule has 0 N–H and O–H groups in total. The van der Waals surface area contributed by atoms with Gasteiger partial charge >= 0.3 is 0 Å². The van der Waals surface area contributed by atoms with E-state index in [4.69, 9.17) is 5.10 Å². The van der Waals surface area contributed by atoms with Crippen LogP contribution in [-0.2, 0) is 0 Å². The van der Waals surface area contributed by atoms with Gasteiger partial charge in [0.2, 0.25) is 0 Å². The van der Waals surface area contributed by atoms with E-state index in [1.807, 2.05) is 0 Å². The van der Waals surface area contributed by atoms with Gasteiger partial charge in [0.25, 0.3) is 0 Å². The van der Waals surface area contributed by atoms with Crippen molar-refractivity contribution in [2.75, 3.05) is 0 Å². The Kier molecular flexibility index (Phi) is 4.62. The number of hydrogen-bond acceptors (Lipinski definition) is 2. The summed E-state index contributed by atoms with van der Waals surface area (Å²) in [5, 5.41) is 7.22. The predicted molar refractivity (Wildman–Crippen MR) is 75.8 cm³/mol. The molecule has 0 unspecified atom stereocenters. The summed E-state index contributed by atoms with van der Waals surface area (Å²) in [5.74, 6) is 0. The lowest BCUT2D eigenvalue weighted by atomic mass is 9.82. The smallest absolute Gasteiger partial charge is 0.0529 e. The molecule has 17 heavy (non-hydrogen) atoms. The van der Waals surface area contributed by atoms with Crippen LogP contribution in [-0.4, -0.2) is 21.8 Å². The van der Waals surface area contributed by atoms with Crippen LogP contribution in [0.25, 0.3) is 0 Å². The van der Waals surface area contributed by atoms with E-state index in [0.29, 0.717) is 0 Å². The second kappa shape index (κ2) is 5.41. The van der Waals surface area contributed by atoms with Gasteiger partial charge in [0.1, 0.15) is 0 Å². The Bertz CT molecular complexity index is 261. The predicted octanol–water partition coefficient (Wildman–Crippen LogP) is 4.22. The van der Waals surface area contributed by atoms with Crippen molar-refractivity contribution in [1.29, 1.82) is 0 Å². The van der Waals surface area contributed by atoms with E-state index < -0.39 is 0 Å². The van der Waals surface area contributed by atoms with Crippen LogP contribution in [0.1, 0.15) is 66.2 Å². The molecule has 1 rings (SSSR count). The van der Waals surface area contributed by atoms with Crippen molar-refractivity contribution in [1.82, 2.24) is 5.01 Å². The third kappa shape index (κ3) is 3.46. The minimum absolute atomic E-state index is 0.156. The molecule has 0 atom stereocenters. The van der Waals surface area contributed by atoms with Gasteiger partial charge in [-0.1, -0.05) is 6.92 Å². The molecule has 0 aliphatic carbocycles. The fourth-order valence-corrected chi connectivity index (χ4v) is 2.83. The zero-order valence-electron chi connectivity index (χ0n) is 12.1. The van der Waals surface area contributed by atoms with Gasteiger partial charge in [-0.25, -0.2) is 0 Å². The first-order chi connectivity index (χ1) is 7.83. The summed E-state index contributed by atoms with van der Waals surface area (Å²) in [4.78, 5) is 0. The molecule has 2 heteroatoms. The van der Waals surface area contributed by atoms with E-state index in [-0.39, 0.29) is 11.1 Å². The molecule has 0 amide bonds. The summed E-state index contributed by atoms with van der Waals surface area (Å²) < 4.78 is 0. The zero-order valence-corrected chi connectivity index (χ0v) is 12.1. The Hall–Kier alpha value is -0.530. The van der Waals surface area contributed by atoms with E-state index in [0.717, 1.165) is 19.3 Å². The van der Waals surface area contributed by atoms with Crippen LogP contribution in [0, 0.1) is 13.8 Å². The van der Waals surface area contributed by atoms with E-state index in [9.17, 15) is 0 Å². The largest absolute Gasteiger partial charge is 0.286 e. The molecule has 1 heterocycles. The monoisotopic (exact) mass is 236 g/mol. The maximum Gasteiger partial charge on any atom is 0.0529 e. The topological polar surface area (TPSA) is 15.6 Å². The van der Waals surface area contributed by atoms with Crippen LogP contribution < -0.4 is 0 Å². The molecule has 0 aromatic heterocycles. The lowest BCUT2D eigenvalue weighted by Gasteiger charge is -2.51. The third-order valence-electron chi connectivity index (χ3n) is 3.72. The first-order valence-electron chi connectivity index (χ1n) is 6.79. The van der Waals surface area contributed by atoms with Crippen LogP contribution in [0.2, 0.25) is 0 Å². The first kappa shape index (κ1) is 14.5. The van der Waals surface area contributed by atoms with E-state index in [1.54, 1.807) is 0 Å². The third-order valence-corrected chi connectivity index (χ3v) is 3.72. The SMILES string of the molecule is [CH2]CCC(C[CH2])=NN1C(C)(C)CCCC1(C)C. The Labute approximate surface area is 107 Å². The summed E-state index contributed by atoms with van der Waals surface area (Å²) in [6.07, 6.45) is 6.39. The van der Waals surface area contributed by atoms with Gasteiger partial charge in [0, 0.05) is 5.71 Å². The fourth-order valence-electron chi connectivity index (χ4n) is 2.83. The highest BCUT2D eigenvalue weighted by molar-refractivity contribution is 5.84. The molecular formula is C15H28N2. The van der Waals surface area contributed by atoms with E-state index in [2.05, 4.69) is 46.6 Å². The molecule has 0 spiro atoms. The molecule has 0 saturated carbocycles. The normalized spacial score (nSPS) is 23.9. The molecule has 1 saturated heterocycles. The highest BCUT2D eigenvalue weighted by Crippen LogP contribution is 2.38. The second-order valence-corrected chi connectivity index (χ2v) is 6.31. The number of hydrogen-bond donors (Lipinski definition) is 0. The minimum atomic E-state index is 0.156. The molecule has 2 radical (unpaired) electrons. The lowest BCUT2D eigenvalue weighted by molar-refractivity contribution is -0.0250. The van der Waals surface area contributed by atoms with Crippen LogP contribution in [0.4, 0.5) is 0 Å². The van der Waals surface area contributed by atoms with Gasteiger partial charge in [-0.05, 0) is 73.1 Å². The molecule has 1 aliphatic heterocycles. The Morgan fingerprint density at radius 2 is 1.65 bits per heavy atom. The van der Waals surface area contributed by atoms with Gasteiger partial charge in [-0.15, -0.1) is 0 Å². The van der Waals surface area contributed by atoms with Gasteiger partial charge in [0.15, 0.2) is 0 Å². The molecule has 98 valence electrons. The van der Waals surface area contributed by atoms with Crippen molar-refractivity contribution in [3.05, 3.63) is 13.8 Å². The standard InChI is InChI=1S/C15H28N2/c1-7-10-13(8-2)16-17-14(3,4)11-9-12-15(17,5)6/h1-2,7-12H2,3-6H3. The van der Waals surface area contributed by atoms with Crippen molar-refractivity contribution in [3.63, 3.8) is 0 Å². The molecule has 0 aromatic rings. The van der Waals surface area contributed by atoms with Gasteiger partial charge in [-0.3, -0.25) is 5.01 Å². The second-order valence-electron chi connectivity index (χ2n) is 6.31. The van der Waals surface area contributed by atoms with Crippen molar-refractivity contribution < 1.29 is 0 Å². The zero-order chi connectivity index (χ0) is 13.1. The maximum absolute atomic E-state index is 4.90. The average molecular weight is 236 g/mol. The van der Waals surface area contributed by atoms with Gasteiger partial charge < -0.3 is 0 Å². The number of hydrazone groups is 1. The van der Waals surface area contributed by atoms with Crippen LogP contribution in [0.15, 0.2) is 5.10 Å². The number of nitrogens with zero attached hydrogens (tertiary/aromatic N) is 2. The summed E-state index contributed by atoms with van der Waals surface area (Å²) in [6, 6.07) is 0. The minimum Gasteiger partial charge on any atom is -0.286 e. The highest BCUT2D eigenvalue weighted by Gasteiger charge is 2.40. The van der Waals surface area contributed by atoms with Crippen LogP contribution in [0.3, 0.4) is 0 Å². The van der Waals surface area contributed by atoms with Crippen molar-refractivity contribution >= 4 is 5.71 Å². The molecule has 2 nitrogen and oxygen atoms in total. The molecular weight excluding hydrogens is 208 g/mol. The number of piperidine rings is 1. The van der Waals surface area contributed by atoms with E-state index >= 15 is 0 Å². The molecule has 1 aliphatic rings. The molecule has 1 fully saturated rings. The molecule has 0 aromatic carbocycles. The van der Waals surface area contributed by atoms with Crippen LogP contribution in [0.5, 0.6) is 0 Å². The van der Waals surface area contributed by atoms with Crippen molar-refractivity contribution in [3.8, 4) is 0 Å². The summed E-state index contributed by atoms with van der Waals surface area (Å²) >= 11 is 0. The summed E-state index contributed by atoms with van der Waals surface area (Å²) in [5.41, 5.74) is 1.50. The number of rotatable bonds is 4. The quantitative estimate of drug-likeness (QED) is 0.667. The van der Waals surface area contributed by atoms with E-state index in [1.165, 1.54) is 25.0 Å². The van der Waals surface area contributed by atoms with Crippen molar-refractivity contribution in [2.45, 2.75) is 77.3 Å². The van der Waals surface area contributed by atoms with Crippen molar-refractivity contribution in [2.24, 2.45) is 5.10 Å². The van der Waals surface area contributed by atoms with Gasteiger partial charge in [0.05, 0.1) is 11.1 Å². The molecule has 0 bridgehead atoms. The first-order valence-corrected chi connectivity index (χ1v) is 6.79. The van der Waals surface area contributed by atoms with Gasteiger partial charge in [-0.2, -0.15) is 5.10 Å². The Balaban J connectivity index is 2.96. The Morgan fingerprint density at radius 3 is 2.06 bits per heavy atom. The average Bonchev–Trinajstić information content (AvgIpc) is 2.21. The highest BCUT2D eigenvalue weighted by atomic mass is 15.5. The summed E-state index contributed by atoms with van der Waals surface area (Å²) in [7, 11) is 0. The maximum atomic E-state index is 4.90.